The standard InChI is InChI=1S/C19H23NO4S/c1-13(2)18(14-5-9-16(24-3)10-6-14)20-19(21)15-7-11-17(12-8-15)25(4,22)23/h5-13,18H,1-4H3,(H,20,21)/t18-/m1/s1. The zero-order valence-corrected chi connectivity index (χ0v) is 15.6. The molecule has 5 nitrogen and oxygen atoms in total. The van der Waals surface area contributed by atoms with Gasteiger partial charge in [-0.3, -0.25) is 4.79 Å². The first-order chi connectivity index (χ1) is 11.7. The molecule has 0 saturated carbocycles. The van der Waals surface area contributed by atoms with Crippen LogP contribution in [0.15, 0.2) is 53.4 Å². The molecule has 0 aromatic heterocycles. The van der Waals surface area contributed by atoms with E-state index in [4.69, 9.17) is 4.74 Å². The van der Waals surface area contributed by atoms with E-state index < -0.39 is 9.84 Å². The van der Waals surface area contributed by atoms with E-state index in [1.165, 1.54) is 24.3 Å². The van der Waals surface area contributed by atoms with E-state index in [1.807, 2.05) is 38.1 Å². The highest BCUT2D eigenvalue weighted by molar-refractivity contribution is 7.90. The number of benzene rings is 2. The van der Waals surface area contributed by atoms with Gasteiger partial charge in [0.15, 0.2) is 9.84 Å². The van der Waals surface area contributed by atoms with E-state index in [1.54, 1.807) is 7.11 Å². The maximum Gasteiger partial charge on any atom is 0.251 e. The second-order valence-corrected chi connectivity index (χ2v) is 8.28. The van der Waals surface area contributed by atoms with Crippen LogP contribution in [0.4, 0.5) is 0 Å². The van der Waals surface area contributed by atoms with Gasteiger partial charge in [0.25, 0.3) is 5.91 Å². The van der Waals surface area contributed by atoms with Crippen molar-refractivity contribution >= 4 is 15.7 Å². The van der Waals surface area contributed by atoms with Gasteiger partial charge in [0.05, 0.1) is 18.0 Å². The largest absolute Gasteiger partial charge is 0.497 e. The molecule has 0 aliphatic heterocycles. The first kappa shape index (κ1) is 19.0. The molecule has 134 valence electrons. The Morgan fingerprint density at radius 1 is 1.00 bits per heavy atom. The molecule has 0 fully saturated rings. The quantitative estimate of drug-likeness (QED) is 0.857. The summed E-state index contributed by atoms with van der Waals surface area (Å²) in [6.07, 6.45) is 1.14. The van der Waals surface area contributed by atoms with Crippen molar-refractivity contribution in [2.45, 2.75) is 24.8 Å². The maximum atomic E-state index is 12.5. The Balaban J connectivity index is 2.19. The molecule has 0 aliphatic rings. The molecule has 1 atom stereocenters. The Morgan fingerprint density at radius 3 is 2.00 bits per heavy atom. The third kappa shape index (κ3) is 4.82. The maximum absolute atomic E-state index is 12.5. The zero-order chi connectivity index (χ0) is 18.6. The third-order valence-corrected chi connectivity index (χ3v) is 5.10. The lowest BCUT2D eigenvalue weighted by Gasteiger charge is -2.23. The Labute approximate surface area is 148 Å². The topological polar surface area (TPSA) is 72.5 Å². The van der Waals surface area contributed by atoms with E-state index in [-0.39, 0.29) is 22.8 Å². The number of sulfone groups is 1. The molecule has 1 N–H and O–H groups in total. The number of ether oxygens (including phenoxy) is 1. The summed E-state index contributed by atoms with van der Waals surface area (Å²) in [7, 11) is -1.67. The van der Waals surface area contributed by atoms with Crippen LogP contribution in [0.3, 0.4) is 0 Å². The van der Waals surface area contributed by atoms with Crippen LogP contribution in [0.1, 0.15) is 35.8 Å². The molecule has 0 radical (unpaired) electrons. The van der Waals surface area contributed by atoms with E-state index >= 15 is 0 Å². The molecular formula is C19H23NO4S. The van der Waals surface area contributed by atoms with Crippen molar-refractivity contribution in [3.05, 3.63) is 59.7 Å². The van der Waals surface area contributed by atoms with Crippen LogP contribution in [-0.2, 0) is 9.84 Å². The fraction of sp³-hybridized carbons (Fsp3) is 0.316. The van der Waals surface area contributed by atoms with Gasteiger partial charge in [-0.25, -0.2) is 8.42 Å². The first-order valence-electron chi connectivity index (χ1n) is 7.97. The van der Waals surface area contributed by atoms with Crippen molar-refractivity contribution in [3.63, 3.8) is 0 Å². The fourth-order valence-corrected chi connectivity index (χ4v) is 3.15. The van der Waals surface area contributed by atoms with Crippen LogP contribution in [0, 0.1) is 5.92 Å². The lowest BCUT2D eigenvalue weighted by molar-refractivity contribution is 0.0925. The predicted octanol–water partition coefficient (Wildman–Crippen LogP) is 3.23. The van der Waals surface area contributed by atoms with Gasteiger partial charge in [-0.1, -0.05) is 26.0 Å². The number of amides is 1. The molecule has 2 aromatic rings. The van der Waals surface area contributed by atoms with Gasteiger partial charge in [0.1, 0.15) is 5.75 Å². The minimum absolute atomic E-state index is 0.159. The van der Waals surface area contributed by atoms with Gasteiger partial charge in [-0.05, 0) is 47.9 Å². The van der Waals surface area contributed by atoms with Crippen molar-refractivity contribution < 1.29 is 17.9 Å². The molecule has 2 rings (SSSR count). The summed E-state index contributed by atoms with van der Waals surface area (Å²) in [5.41, 5.74) is 1.41. The molecule has 6 heteroatoms. The molecule has 0 bridgehead atoms. The Hall–Kier alpha value is -2.34. The summed E-state index contributed by atoms with van der Waals surface area (Å²) < 4.78 is 28.2. The molecule has 0 saturated heterocycles. The van der Waals surface area contributed by atoms with Crippen molar-refractivity contribution in [1.82, 2.24) is 5.32 Å². The van der Waals surface area contributed by atoms with Gasteiger partial charge in [0.2, 0.25) is 0 Å². The van der Waals surface area contributed by atoms with E-state index in [0.717, 1.165) is 17.6 Å². The van der Waals surface area contributed by atoms with Gasteiger partial charge in [-0.2, -0.15) is 0 Å². The number of nitrogens with one attached hydrogen (secondary N) is 1. The number of carbonyl (C=O) groups excluding carboxylic acids is 1. The van der Waals surface area contributed by atoms with Crippen molar-refractivity contribution in [2.24, 2.45) is 5.92 Å². The summed E-state index contributed by atoms with van der Waals surface area (Å²) >= 11 is 0. The SMILES string of the molecule is COc1ccc([C@H](NC(=O)c2ccc(S(C)(=O)=O)cc2)C(C)C)cc1. The molecule has 0 unspecified atom stereocenters. The monoisotopic (exact) mass is 361 g/mol. The molecule has 0 heterocycles. The van der Waals surface area contributed by atoms with Gasteiger partial charge < -0.3 is 10.1 Å². The average molecular weight is 361 g/mol. The molecule has 2 aromatic carbocycles. The zero-order valence-electron chi connectivity index (χ0n) is 14.8. The predicted molar refractivity (Wildman–Crippen MR) is 97.6 cm³/mol. The van der Waals surface area contributed by atoms with Crippen molar-refractivity contribution in [1.29, 1.82) is 0 Å². The molecule has 0 aliphatic carbocycles. The minimum atomic E-state index is -3.27. The number of hydrogen-bond acceptors (Lipinski definition) is 4. The van der Waals surface area contributed by atoms with Gasteiger partial charge in [0, 0.05) is 11.8 Å². The van der Waals surface area contributed by atoms with Crippen LogP contribution in [0.5, 0.6) is 5.75 Å². The summed E-state index contributed by atoms with van der Waals surface area (Å²) in [6, 6.07) is 13.4. The summed E-state index contributed by atoms with van der Waals surface area (Å²) in [6.45, 7) is 4.06. The Bertz CT molecular complexity index is 825. The van der Waals surface area contributed by atoms with Crippen LogP contribution in [-0.4, -0.2) is 27.7 Å². The highest BCUT2D eigenvalue weighted by atomic mass is 32.2. The highest BCUT2D eigenvalue weighted by Crippen LogP contribution is 2.24. The second-order valence-electron chi connectivity index (χ2n) is 6.26. The van der Waals surface area contributed by atoms with Crippen LogP contribution < -0.4 is 10.1 Å². The van der Waals surface area contributed by atoms with Crippen molar-refractivity contribution in [2.75, 3.05) is 13.4 Å². The number of carbonyl (C=O) groups is 1. The van der Waals surface area contributed by atoms with Gasteiger partial charge >= 0.3 is 0 Å². The fourth-order valence-electron chi connectivity index (χ4n) is 2.52. The smallest absolute Gasteiger partial charge is 0.251 e. The van der Waals surface area contributed by atoms with E-state index in [0.29, 0.717) is 5.56 Å². The Morgan fingerprint density at radius 2 is 1.56 bits per heavy atom. The highest BCUT2D eigenvalue weighted by Gasteiger charge is 2.19. The van der Waals surface area contributed by atoms with E-state index in [2.05, 4.69) is 5.32 Å². The number of hydrogen-bond donors (Lipinski definition) is 1. The number of methoxy groups -OCH3 is 1. The summed E-state index contributed by atoms with van der Waals surface area (Å²) in [4.78, 5) is 12.7. The van der Waals surface area contributed by atoms with E-state index in [9.17, 15) is 13.2 Å². The number of rotatable bonds is 6. The van der Waals surface area contributed by atoms with Crippen LogP contribution >= 0.6 is 0 Å². The summed E-state index contributed by atoms with van der Waals surface area (Å²) in [5, 5.41) is 3.02. The lowest BCUT2D eigenvalue weighted by Crippen LogP contribution is -2.31. The lowest BCUT2D eigenvalue weighted by atomic mass is 9.95. The second kappa shape index (κ2) is 7.70. The van der Waals surface area contributed by atoms with Crippen LogP contribution in [0.2, 0.25) is 0 Å². The normalized spacial score (nSPS) is 12.7. The van der Waals surface area contributed by atoms with Crippen LogP contribution in [0.25, 0.3) is 0 Å². The molecular weight excluding hydrogens is 338 g/mol. The van der Waals surface area contributed by atoms with Gasteiger partial charge in [-0.15, -0.1) is 0 Å². The minimum Gasteiger partial charge on any atom is -0.497 e. The molecule has 25 heavy (non-hydrogen) atoms. The average Bonchev–Trinajstić information content (AvgIpc) is 2.58. The third-order valence-electron chi connectivity index (χ3n) is 3.97. The van der Waals surface area contributed by atoms with Crippen molar-refractivity contribution in [3.8, 4) is 5.75 Å². The first-order valence-corrected chi connectivity index (χ1v) is 9.86. The molecule has 0 spiro atoms. The Kier molecular flexibility index (Phi) is 5.85. The molecule has 1 amide bonds. The summed E-state index contributed by atoms with van der Waals surface area (Å²) in [5.74, 6) is 0.705.